The van der Waals surface area contributed by atoms with Gasteiger partial charge in [0.25, 0.3) is 5.91 Å². The molecule has 1 saturated heterocycles. The molecular weight excluding hydrogens is 604 g/mol. The van der Waals surface area contributed by atoms with Gasteiger partial charge in [-0.05, 0) is 78.6 Å². The summed E-state index contributed by atoms with van der Waals surface area (Å²) in [6.45, 7) is 3.97. The number of rotatable bonds is 14. The van der Waals surface area contributed by atoms with Gasteiger partial charge in [-0.3, -0.25) is 14.4 Å². The van der Waals surface area contributed by atoms with Gasteiger partial charge in [-0.25, -0.2) is 0 Å². The number of benzene rings is 3. The quantitative estimate of drug-likeness (QED) is 0.138. The molecule has 1 saturated carbocycles. The van der Waals surface area contributed by atoms with E-state index < -0.39 is 0 Å². The second kappa shape index (κ2) is 15.6. The molecule has 2 amide bonds. The van der Waals surface area contributed by atoms with Crippen molar-refractivity contribution in [3.8, 4) is 11.1 Å². The van der Waals surface area contributed by atoms with Crippen LogP contribution in [0, 0.1) is 5.92 Å². The monoisotopic (exact) mass is 650 g/mol. The number of nitrogens with zero attached hydrogens (tertiary/aromatic N) is 2. The van der Waals surface area contributed by atoms with Crippen molar-refractivity contribution in [2.75, 3.05) is 40.5 Å². The maximum absolute atomic E-state index is 14.5. The highest BCUT2D eigenvalue weighted by Gasteiger charge is 2.40. The van der Waals surface area contributed by atoms with E-state index in [1.807, 2.05) is 12.1 Å². The second-order valence-corrected chi connectivity index (χ2v) is 12.9. The third-order valence-corrected chi connectivity index (χ3v) is 9.67. The maximum Gasteiger partial charge on any atom is 0.307 e. The fourth-order valence-electron chi connectivity index (χ4n) is 6.94. The van der Waals surface area contributed by atoms with Crippen LogP contribution in [0.5, 0.6) is 0 Å². The zero-order chi connectivity index (χ0) is 33.5. The van der Waals surface area contributed by atoms with Crippen molar-refractivity contribution >= 4 is 28.7 Å². The number of amides is 2. The SMILES string of the molecule is COCCCn1cc(CN(C(=O)[C@H]2CNCC[C@@H]2c2cccc(-c3ccc(C(=O)NCCC(=O)OC)cc3)c2)C2CC2)c2ccccc21. The summed E-state index contributed by atoms with van der Waals surface area (Å²) in [6.07, 6.45) is 6.30. The van der Waals surface area contributed by atoms with Crippen molar-refractivity contribution in [2.45, 2.75) is 57.2 Å². The van der Waals surface area contributed by atoms with Gasteiger partial charge in [0.15, 0.2) is 0 Å². The van der Waals surface area contributed by atoms with E-state index in [1.54, 1.807) is 19.2 Å². The number of esters is 1. The van der Waals surface area contributed by atoms with Gasteiger partial charge < -0.3 is 29.6 Å². The van der Waals surface area contributed by atoms with E-state index in [0.717, 1.165) is 49.9 Å². The topological polar surface area (TPSA) is 102 Å². The first-order valence-corrected chi connectivity index (χ1v) is 17.1. The van der Waals surface area contributed by atoms with Gasteiger partial charge in [-0.15, -0.1) is 0 Å². The van der Waals surface area contributed by atoms with Crippen molar-refractivity contribution in [2.24, 2.45) is 5.92 Å². The molecule has 2 heterocycles. The minimum Gasteiger partial charge on any atom is -0.469 e. The third kappa shape index (κ3) is 7.80. The van der Waals surface area contributed by atoms with Crippen LogP contribution in [-0.2, 0) is 32.2 Å². The van der Waals surface area contributed by atoms with Gasteiger partial charge in [0.1, 0.15) is 0 Å². The number of nitrogens with one attached hydrogen (secondary N) is 2. The summed E-state index contributed by atoms with van der Waals surface area (Å²) in [4.78, 5) is 40.6. The molecule has 9 heteroatoms. The summed E-state index contributed by atoms with van der Waals surface area (Å²) in [7, 11) is 3.07. The highest BCUT2D eigenvalue weighted by Crippen LogP contribution is 2.38. The molecule has 1 aliphatic heterocycles. The zero-order valence-corrected chi connectivity index (χ0v) is 28.0. The predicted octanol–water partition coefficient (Wildman–Crippen LogP) is 5.52. The molecule has 1 aliphatic carbocycles. The lowest BCUT2D eigenvalue weighted by Gasteiger charge is -2.36. The van der Waals surface area contributed by atoms with Crippen LogP contribution in [0.15, 0.2) is 79.0 Å². The van der Waals surface area contributed by atoms with Crippen molar-refractivity contribution in [1.29, 1.82) is 0 Å². The molecule has 9 nitrogen and oxygen atoms in total. The first-order valence-electron chi connectivity index (χ1n) is 17.1. The van der Waals surface area contributed by atoms with E-state index in [4.69, 9.17) is 4.74 Å². The standard InChI is InChI=1S/C39H46N4O5/c1-47-22-6-21-42-25-31(34-9-3-4-10-36(34)42)26-43(32-15-16-32)39(46)35-24-40-19-17-33(35)30-8-5-7-29(23-30)27-11-13-28(14-12-27)38(45)41-20-18-37(44)48-2/h3-5,7-14,23,25,32-33,35,40H,6,15-22,24,26H2,1-2H3,(H,41,45)/t33-,35+/m1/s1. The summed E-state index contributed by atoms with van der Waals surface area (Å²) in [5, 5.41) is 7.49. The average molecular weight is 651 g/mol. The van der Waals surface area contributed by atoms with Crippen LogP contribution < -0.4 is 10.6 Å². The average Bonchev–Trinajstić information content (AvgIpc) is 3.92. The Balaban J connectivity index is 1.18. The number of ether oxygens (including phenoxy) is 2. The summed E-state index contributed by atoms with van der Waals surface area (Å²) in [5.74, 6) is -0.401. The van der Waals surface area contributed by atoms with Gasteiger partial charge in [0, 0.05) is 68.6 Å². The Labute approximate surface area is 282 Å². The van der Waals surface area contributed by atoms with Crippen LogP contribution in [0.3, 0.4) is 0 Å². The van der Waals surface area contributed by atoms with Crippen LogP contribution in [0.2, 0.25) is 0 Å². The number of hydrogen-bond acceptors (Lipinski definition) is 6. The number of fused-ring (bicyclic) bond motifs is 1. The van der Waals surface area contributed by atoms with Crippen molar-refractivity contribution in [3.05, 3.63) is 95.7 Å². The summed E-state index contributed by atoms with van der Waals surface area (Å²) in [6, 6.07) is 24.8. The van der Waals surface area contributed by atoms with E-state index in [0.29, 0.717) is 25.3 Å². The Kier molecular flexibility index (Phi) is 10.9. The van der Waals surface area contributed by atoms with E-state index in [1.165, 1.54) is 29.1 Å². The van der Waals surface area contributed by atoms with Gasteiger partial charge >= 0.3 is 5.97 Å². The fraction of sp³-hybridized carbons (Fsp3) is 0.410. The lowest BCUT2D eigenvalue weighted by atomic mass is 9.79. The molecule has 1 aromatic heterocycles. The molecule has 2 aliphatic rings. The number of para-hydroxylation sites is 1. The van der Waals surface area contributed by atoms with Gasteiger partial charge in [-0.1, -0.05) is 54.6 Å². The molecule has 252 valence electrons. The molecule has 2 N–H and O–H groups in total. The molecule has 3 aromatic carbocycles. The molecule has 2 atom stereocenters. The smallest absolute Gasteiger partial charge is 0.307 e. The minimum atomic E-state index is -0.360. The predicted molar refractivity (Wildman–Crippen MR) is 187 cm³/mol. The van der Waals surface area contributed by atoms with Crippen LogP contribution >= 0.6 is 0 Å². The lowest BCUT2D eigenvalue weighted by molar-refractivity contribution is -0.140. The molecule has 0 spiro atoms. The van der Waals surface area contributed by atoms with Crippen molar-refractivity contribution < 1.29 is 23.9 Å². The Morgan fingerprint density at radius 3 is 2.54 bits per heavy atom. The summed E-state index contributed by atoms with van der Waals surface area (Å²) < 4.78 is 12.2. The van der Waals surface area contributed by atoms with E-state index in [2.05, 4.69) is 79.6 Å². The van der Waals surface area contributed by atoms with Gasteiger partial charge in [-0.2, -0.15) is 0 Å². The highest BCUT2D eigenvalue weighted by molar-refractivity contribution is 5.95. The number of carbonyl (C=O) groups is 3. The summed E-state index contributed by atoms with van der Waals surface area (Å²) >= 11 is 0. The number of aromatic nitrogens is 1. The second-order valence-electron chi connectivity index (χ2n) is 12.9. The number of methoxy groups -OCH3 is 2. The Morgan fingerprint density at radius 2 is 1.77 bits per heavy atom. The molecule has 6 rings (SSSR count). The molecule has 0 bridgehead atoms. The van der Waals surface area contributed by atoms with Gasteiger partial charge in [0.05, 0.1) is 19.4 Å². The lowest BCUT2D eigenvalue weighted by Crippen LogP contribution is -2.47. The number of carbonyl (C=O) groups excluding carboxylic acids is 3. The molecule has 0 unspecified atom stereocenters. The van der Waals surface area contributed by atoms with Crippen molar-refractivity contribution in [1.82, 2.24) is 20.1 Å². The minimum absolute atomic E-state index is 0.107. The largest absolute Gasteiger partial charge is 0.469 e. The molecule has 48 heavy (non-hydrogen) atoms. The molecule has 0 radical (unpaired) electrons. The molecule has 4 aromatic rings. The third-order valence-electron chi connectivity index (χ3n) is 9.67. The van der Waals surface area contributed by atoms with Crippen LogP contribution in [0.25, 0.3) is 22.0 Å². The zero-order valence-electron chi connectivity index (χ0n) is 28.0. The van der Waals surface area contributed by atoms with E-state index >= 15 is 0 Å². The van der Waals surface area contributed by atoms with E-state index in [-0.39, 0.29) is 48.6 Å². The maximum atomic E-state index is 14.5. The fourth-order valence-corrected chi connectivity index (χ4v) is 6.94. The molecular formula is C39H46N4O5. The first-order chi connectivity index (χ1) is 23.5. The summed E-state index contributed by atoms with van der Waals surface area (Å²) in [5.41, 5.74) is 6.15. The van der Waals surface area contributed by atoms with Gasteiger partial charge in [0.2, 0.25) is 5.91 Å². The normalized spacial score (nSPS) is 17.6. The van der Waals surface area contributed by atoms with Crippen molar-refractivity contribution in [3.63, 3.8) is 0 Å². The van der Waals surface area contributed by atoms with Crippen LogP contribution in [-0.4, -0.2) is 73.8 Å². The molecule has 2 fully saturated rings. The Bertz CT molecular complexity index is 1730. The first kappa shape index (κ1) is 33.4. The highest BCUT2D eigenvalue weighted by atomic mass is 16.5. The van der Waals surface area contributed by atoms with Crippen LogP contribution in [0.4, 0.5) is 0 Å². The van der Waals surface area contributed by atoms with Crippen LogP contribution in [0.1, 0.15) is 59.5 Å². The number of aryl methyl sites for hydroxylation is 1. The Hall–Kier alpha value is -4.47. The number of piperidine rings is 1. The Morgan fingerprint density at radius 1 is 0.958 bits per heavy atom. The number of hydrogen-bond donors (Lipinski definition) is 2. The van der Waals surface area contributed by atoms with E-state index in [9.17, 15) is 14.4 Å².